The van der Waals surface area contributed by atoms with Crippen molar-refractivity contribution < 1.29 is 19.2 Å². The highest BCUT2D eigenvalue weighted by atomic mass is 19.1. The van der Waals surface area contributed by atoms with E-state index < -0.39 is 22.2 Å². The molecule has 0 bridgehead atoms. The Hall–Kier alpha value is -2.18. The second-order valence-electron chi connectivity index (χ2n) is 5.10. The number of hydrogen-bond donors (Lipinski definition) is 2. The zero-order chi connectivity index (χ0) is 14.8. The quantitative estimate of drug-likeness (QED) is 0.639. The van der Waals surface area contributed by atoms with Gasteiger partial charge >= 0.3 is 5.97 Å². The van der Waals surface area contributed by atoms with E-state index in [9.17, 15) is 19.3 Å². The topological polar surface area (TPSA) is 92.5 Å². The number of nitrogens with zero attached hydrogens (tertiary/aromatic N) is 1. The van der Waals surface area contributed by atoms with Gasteiger partial charge in [-0.3, -0.25) is 14.9 Å². The first-order chi connectivity index (χ1) is 9.42. The van der Waals surface area contributed by atoms with Crippen LogP contribution >= 0.6 is 0 Å². The largest absolute Gasteiger partial charge is 0.481 e. The Morgan fingerprint density at radius 3 is 2.65 bits per heavy atom. The molecule has 2 rings (SSSR count). The molecule has 0 aliphatic heterocycles. The molecule has 0 saturated heterocycles. The molecule has 0 heterocycles. The van der Waals surface area contributed by atoms with Crippen LogP contribution in [0.1, 0.15) is 32.1 Å². The number of halogens is 1. The lowest BCUT2D eigenvalue weighted by Crippen LogP contribution is -2.37. The Morgan fingerprint density at radius 1 is 1.45 bits per heavy atom. The van der Waals surface area contributed by atoms with E-state index in [1.807, 2.05) is 0 Å². The summed E-state index contributed by atoms with van der Waals surface area (Å²) in [5.74, 6) is -1.65. The van der Waals surface area contributed by atoms with E-state index in [1.165, 1.54) is 6.07 Å². The van der Waals surface area contributed by atoms with Crippen LogP contribution in [0.3, 0.4) is 0 Å². The molecule has 1 fully saturated rings. The number of hydrogen-bond acceptors (Lipinski definition) is 4. The minimum Gasteiger partial charge on any atom is -0.481 e. The molecule has 1 aliphatic rings. The zero-order valence-corrected chi connectivity index (χ0v) is 10.8. The number of carbonyl (C=O) groups is 1. The molecule has 0 spiro atoms. The van der Waals surface area contributed by atoms with Gasteiger partial charge < -0.3 is 10.4 Å². The van der Waals surface area contributed by atoms with E-state index in [4.69, 9.17) is 5.11 Å². The first kappa shape index (κ1) is 14.2. The predicted molar refractivity (Wildman–Crippen MR) is 70.1 cm³/mol. The number of nitrogens with one attached hydrogen (secondary N) is 1. The highest BCUT2D eigenvalue weighted by Gasteiger charge is 2.37. The molecule has 1 saturated carbocycles. The van der Waals surface area contributed by atoms with E-state index in [-0.39, 0.29) is 17.8 Å². The molecule has 0 aromatic heterocycles. The third-order valence-electron chi connectivity index (χ3n) is 3.61. The molecule has 0 unspecified atom stereocenters. The van der Waals surface area contributed by atoms with Crippen molar-refractivity contribution in [3.8, 4) is 0 Å². The summed E-state index contributed by atoms with van der Waals surface area (Å²) in [6, 6.07) is 3.25. The van der Waals surface area contributed by atoms with Crippen LogP contribution < -0.4 is 5.32 Å². The monoisotopic (exact) mass is 282 g/mol. The lowest BCUT2D eigenvalue weighted by atomic mass is 9.92. The predicted octanol–water partition coefficient (Wildman–Crippen LogP) is 2.93. The van der Waals surface area contributed by atoms with Crippen molar-refractivity contribution in [1.82, 2.24) is 0 Å². The van der Waals surface area contributed by atoms with E-state index in [0.29, 0.717) is 12.8 Å². The lowest BCUT2D eigenvalue weighted by molar-refractivity contribution is -0.384. The van der Waals surface area contributed by atoms with E-state index in [2.05, 4.69) is 5.32 Å². The molecule has 6 nitrogen and oxygen atoms in total. The number of anilines is 1. The van der Waals surface area contributed by atoms with Gasteiger partial charge in [0.1, 0.15) is 11.5 Å². The first-order valence-corrected chi connectivity index (χ1v) is 6.36. The number of nitro benzene ring substituents is 1. The third kappa shape index (κ3) is 3.04. The summed E-state index contributed by atoms with van der Waals surface area (Å²) < 4.78 is 13.1. The number of nitro groups is 1. The Labute approximate surface area is 114 Å². The summed E-state index contributed by atoms with van der Waals surface area (Å²) in [4.78, 5) is 21.3. The fourth-order valence-corrected chi connectivity index (χ4v) is 2.73. The molecule has 20 heavy (non-hydrogen) atoms. The van der Waals surface area contributed by atoms with Crippen LogP contribution in [0.2, 0.25) is 0 Å². The average molecular weight is 282 g/mol. The fraction of sp³-hybridized carbons (Fsp3) is 0.462. The van der Waals surface area contributed by atoms with E-state index >= 15 is 0 Å². The summed E-state index contributed by atoms with van der Waals surface area (Å²) in [7, 11) is 0. The maximum Gasteiger partial charge on any atom is 0.305 e. The number of carboxylic acids is 1. The van der Waals surface area contributed by atoms with Crippen LogP contribution in [0, 0.1) is 15.9 Å². The van der Waals surface area contributed by atoms with Gasteiger partial charge in [-0.05, 0) is 25.0 Å². The third-order valence-corrected chi connectivity index (χ3v) is 3.61. The molecule has 1 aromatic rings. The van der Waals surface area contributed by atoms with Crippen molar-refractivity contribution in [3.05, 3.63) is 34.1 Å². The molecular weight excluding hydrogens is 267 g/mol. The highest BCUT2D eigenvalue weighted by Crippen LogP contribution is 2.38. The number of benzene rings is 1. The Morgan fingerprint density at radius 2 is 2.10 bits per heavy atom. The van der Waals surface area contributed by atoms with Crippen molar-refractivity contribution in [2.24, 2.45) is 0 Å². The highest BCUT2D eigenvalue weighted by molar-refractivity contribution is 5.71. The number of rotatable bonds is 5. The van der Waals surface area contributed by atoms with Crippen molar-refractivity contribution in [1.29, 1.82) is 0 Å². The van der Waals surface area contributed by atoms with E-state index in [0.717, 1.165) is 25.0 Å². The average Bonchev–Trinajstić information content (AvgIpc) is 2.78. The van der Waals surface area contributed by atoms with Gasteiger partial charge in [0.25, 0.3) is 5.69 Å². The second kappa shape index (κ2) is 5.44. The van der Waals surface area contributed by atoms with Gasteiger partial charge in [0.2, 0.25) is 0 Å². The molecule has 1 aromatic carbocycles. The van der Waals surface area contributed by atoms with Crippen molar-refractivity contribution >= 4 is 17.3 Å². The molecule has 0 amide bonds. The molecule has 7 heteroatoms. The zero-order valence-electron chi connectivity index (χ0n) is 10.8. The molecule has 1 aliphatic carbocycles. The van der Waals surface area contributed by atoms with Crippen LogP contribution in [-0.4, -0.2) is 21.5 Å². The SMILES string of the molecule is O=C(O)CC1(Nc2ccc(F)cc2[N+](=O)[O-])CCCC1. The van der Waals surface area contributed by atoms with Crippen molar-refractivity contribution in [2.45, 2.75) is 37.6 Å². The summed E-state index contributed by atoms with van der Waals surface area (Å²) in [5.41, 5.74) is -0.893. The number of aliphatic carboxylic acids is 1. The minimum atomic E-state index is -0.954. The van der Waals surface area contributed by atoms with Crippen LogP contribution in [0.25, 0.3) is 0 Å². The standard InChI is InChI=1S/C13H15FN2O4/c14-9-3-4-10(11(7-9)16(19)20)15-13(8-12(17)18)5-1-2-6-13/h3-4,7,15H,1-2,5-6,8H2,(H,17,18). The lowest BCUT2D eigenvalue weighted by Gasteiger charge is -2.29. The van der Waals surface area contributed by atoms with Gasteiger partial charge in [-0.25, -0.2) is 4.39 Å². The van der Waals surface area contributed by atoms with Gasteiger partial charge in [0, 0.05) is 5.54 Å². The molecular formula is C13H15FN2O4. The molecule has 2 N–H and O–H groups in total. The van der Waals surface area contributed by atoms with Crippen LogP contribution in [-0.2, 0) is 4.79 Å². The second-order valence-corrected chi connectivity index (χ2v) is 5.10. The minimum absolute atomic E-state index is 0.110. The summed E-state index contributed by atoms with van der Waals surface area (Å²) in [5, 5.41) is 22.9. The summed E-state index contributed by atoms with van der Waals surface area (Å²) >= 11 is 0. The normalized spacial score (nSPS) is 16.9. The Balaban J connectivity index is 2.31. The van der Waals surface area contributed by atoms with Crippen LogP contribution in [0.5, 0.6) is 0 Å². The van der Waals surface area contributed by atoms with Crippen molar-refractivity contribution in [3.63, 3.8) is 0 Å². The summed E-state index contributed by atoms with van der Waals surface area (Å²) in [6.07, 6.45) is 2.90. The van der Waals surface area contributed by atoms with E-state index in [1.54, 1.807) is 0 Å². The maximum absolute atomic E-state index is 13.1. The number of carboxylic acid groups (broad SMARTS) is 1. The maximum atomic E-state index is 13.1. The van der Waals surface area contributed by atoms with Gasteiger partial charge in [0.15, 0.2) is 0 Å². The molecule has 0 radical (unpaired) electrons. The fourth-order valence-electron chi connectivity index (χ4n) is 2.73. The van der Waals surface area contributed by atoms with Crippen molar-refractivity contribution in [2.75, 3.05) is 5.32 Å². The van der Waals surface area contributed by atoms with Gasteiger partial charge in [-0.15, -0.1) is 0 Å². The van der Waals surface area contributed by atoms with Gasteiger partial charge in [-0.1, -0.05) is 12.8 Å². The molecule has 108 valence electrons. The van der Waals surface area contributed by atoms with Gasteiger partial charge in [0.05, 0.1) is 17.4 Å². The van der Waals surface area contributed by atoms with Crippen LogP contribution in [0.4, 0.5) is 15.8 Å². The Bertz CT molecular complexity index is 541. The van der Waals surface area contributed by atoms with Gasteiger partial charge in [-0.2, -0.15) is 0 Å². The summed E-state index contributed by atoms with van der Waals surface area (Å²) in [6.45, 7) is 0. The Kier molecular flexibility index (Phi) is 3.87. The van der Waals surface area contributed by atoms with Crippen LogP contribution in [0.15, 0.2) is 18.2 Å². The first-order valence-electron chi connectivity index (χ1n) is 6.36. The molecule has 0 atom stereocenters. The smallest absolute Gasteiger partial charge is 0.305 e.